The van der Waals surface area contributed by atoms with E-state index in [1.807, 2.05) is 0 Å². The van der Waals surface area contributed by atoms with Gasteiger partial charge in [0.1, 0.15) is 0 Å². The molecule has 0 aliphatic rings. The largest absolute Gasteiger partial charge is 0.392 e. The molecule has 2 rings (SSSR count). The topological polar surface area (TPSA) is 115 Å². The molecule has 0 saturated carbocycles. The summed E-state index contributed by atoms with van der Waals surface area (Å²) in [5.74, 6) is -0.718. The minimum atomic E-state index is -0.722. The van der Waals surface area contributed by atoms with Crippen molar-refractivity contribution >= 4 is 11.7 Å². The number of nitrogen functional groups attached to an aromatic ring is 1. The number of benzene rings is 1. The summed E-state index contributed by atoms with van der Waals surface area (Å²) in [4.78, 5) is 19.1. The average molecular weight is 244 g/mol. The lowest BCUT2D eigenvalue weighted by Gasteiger charge is -2.05. The highest BCUT2D eigenvalue weighted by molar-refractivity contribution is 5.95. The second kappa shape index (κ2) is 4.80. The molecule has 1 amide bonds. The molecule has 0 atom stereocenters. The summed E-state index contributed by atoms with van der Waals surface area (Å²) in [6.07, 6.45) is 1.46. The van der Waals surface area contributed by atoms with Gasteiger partial charge in [0, 0.05) is 5.56 Å². The third kappa shape index (κ3) is 2.28. The van der Waals surface area contributed by atoms with Crippen molar-refractivity contribution in [2.24, 2.45) is 5.73 Å². The smallest absolute Gasteiger partial charge is 0.271 e. The molecule has 0 aliphatic carbocycles. The van der Waals surface area contributed by atoms with E-state index in [1.54, 1.807) is 24.3 Å². The van der Waals surface area contributed by atoms with Gasteiger partial charge in [-0.25, -0.2) is 9.97 Å². The Morgan fingerprint density at radius 3 is 2.83 bits per heavy atom. The molecule has 0 bridgehead atoms. The number of nitrogens with two attached hydrogens (primary N) is 2. The zero-order valence-electron chi connectivity index (χ0n) is 9.50. The number of aliphatic hydroxyl groups is 1. The van der Waals surface area contributed by atoms with Crippen molar-refractivity contribution in [3.05, 3.63) is 41.7 Å². The van der Waals surface area contributed by atoms with Crippen LogP contribution in [0.2, 0.25) is 0 Å². The molecule has 0 spiro atoms. The summed E-state index contributed by atoms with van der Waals surface area (Å²) in [5.41, 5.74) is 12.6. The van der Waals surface area contributed by atoms with Crippen LogP contribution >= 0.6 is 0 Å². The highest BCUT2D eigenvalue weighted by Gasteiger charge is 2.11. The highest BCUT2D eigenvalue weighted by atomic mass is 16.3. The first-order valence-electron chi connectivity index (χ1n) is 5.24. The average Bonchev–Trinajstić information content (AvgIpc) is 2.39. The van der Waals surface area contributed by atoms with E-state index in [9.17, 15) is 4.79 Å². The molecular formula is C12H12N4O2. The molecule has 5 N–H and O–H groups in total. The number of amides is 1. The molecule has 2 aromatic rings. The van der Waals surface area contributed by atoms with Gasteiger partial charge in [0.2, 0.25) is 0 Å². The van der Waals surface area contributed by atoms with Crippen LogP contribution in [-0.4, -0.2) is 21.0 Å². The maximum Gasteiger partial charge on any atom is 0.271 e. The minimum Gasteiger partial charge on any atom is -0.392 e. The Hall–Kier alpha value is -2.47. The lowest BCUT2D eigenvalue weighted by atomic mass is 10.1. The number of nitrogens with zero attached hydrogens (tertiary/aromatic N) is 2. The normalized spacial score (nSPS) is 10.3. The van der Waals surface area contributed by atoms with Gasteiger partial charge in [0.25, 0.3) is 5.91 Å². The number of carbonyl (C=O) groups excluding carboxylic acids is 1. The first-order chi connectivity index (χ1) is 8.61. The van der Waals surface area contributed by atoms with Crippen LogP contribution in [-0.2, 0) is 6.61 Å². The molecule has 1 aromatic carbocycles. The van der Waals surface area contributed by atoms with Gasteiger partial charge in [-0.2, -0.15) is 0 Å². The van der Waals surface area contributed by atoms with Crippen LogP contribution in [0, 0.1) is 0 Å². The quantitative estimate of drug-likeness (QED) is 0.719. The van der Waals surface area contributed by atoms with Gasteiger partial charge in [-0.15, -0.1) is 0 Å². The Morgan fingerprint density at radius 2 is 2.17 bits per heavy atom. The lowest BCUT2D eigenvalue weighted by molar-refractivity contribution is 0.0996. The Labute approximate surface area is 103 Å². The molecule has 18 heavy (non-hydrogen) atoms. The third-order valence-electron chi connectivity index (χ3n) is 2.44. The first-order valence-corrected chi connectivity index (χ1v) is 5.24. The molecule has 0 saturated heterocycles. The predicted molar refractivity (Wildman–Crippen MR) is 66.3 cm³/mol. The summed E-state index contributed by atoms with van der Waals surface area (Å²) >= 11 is 0. The number of aromatic nitrogens is 2. The summed E-state index contributed by atoms with van der Waals surface area (Å²) in [5, 5.41) is 9.07. The van der Waals surface area contributed by atoms with Crippen LogP contribution in [0.3, 0.4) is 0 Å². The van der Waals surface area contributed by atoms with Crippen molar-refractivity contribution < 1.29 is 9.90 Å². The maximum atomic E-state index is 11.1. The van der Waals surface area contributed by atoms with E-state index in [0.717, 1.165) is 11.1 Å². The molecule has 6 heteroatoms. The highest BCUT2D eigenvalue weighted by Crippen LogP contribution is 2.19. The van der Waals surface area contributed by atoms with Gasteiger partial charge in [-0.05, 0) is 11.6 Å². The SMILES string of the molecule is NC(=O)c1nc(-c2cccc(CO)c2)cnc1N. The maximum absolute atomic E-state index is 11.1. The van der Waals surface area contributed by atoms with E-state index >= 15 is 0 Å². The van der Waals surface area contributed by atoms with Crippen molar-refractivity contribution in [3.63, 3.8) is 0 Å². The van der Waals surface area contributed by atoms with Gasteiger partial charge in [-0.3, -0.25) is 4.79 Å². The van der Waals surface area contributed by atoms with E-state index in [4.69, 9.17) is 16.6 Å². The van der Waals surface area contributed by atoms with Crippen molar-refractivity contribution in [3.8, 4) is 11.3 Å². The molecular weight excluding hydrogens is 232 g/mol. The third-order valence-corrected chi connectivity index (χ3v) is 2.44. The monoisotopic (exact) mass is 244 g/mol. The van der Waals surface area contributed by atoms with Crippen LogP contribution in [0.25, 0.3) is 11.3 Å². The van der Waals surface area contributed by atoms with Crippen LogP contribution in [0.5, 0.6) is 0 Å². The summed E-state index contributed by atoms with van der Waals surface area (Å²) < 4.78 is 0. The number of rotatable bonds is 3. The van der Waals surface area contributed by atoms with E-state index in [1.165, 1.54) is 6.20 Å². The van der Waals surface area contributed by atoms with Crippen LogP contribution in [0.4, 0.5) is 5.82 Å². The molecule has 0 unspecified atom stereocenters. The van der Waals surface area contributed by atoms with Crippen molar-refractivity contribution in [2.75, 3.05) is 5.73 Å². The Kier molecular flexibility index (Phi) is 3.20. The number of hydrogen-bond donors (Lipinski definition) is 3. The molecule has 0 aliphatic heterocycles. The summed E-state index contributed by atoms with van der Waals surface area (Å²) in [6, 6.07) is 7.11. The summed E-state index contributed by atoms with van der Waals surface area (Å²) in [6.45, 7) is -0.0705. The van der Waals surface area contributed by atoms with Gasteiger partial charge in [0.05, 0.1) is 18.5 Å². The zero-order valence-corrected chi connectivity index (χ0v) is 9.50. The van der Waals surface area contributed by atoms with Crippen LogP contribution in [0.1, 0.15) is 16.1 Å². The van der Waals surface area contributed by atoms with Gasteiger partial charge >= 0.3 is 0 Å². The van der Waals surface area contributed by atoms with E-state index in [0.29, 0.717) is 5.69 Å². The predicted octanol–water partition coefficient (Wildman–Crippen LogP) is 0.317. The first kappa shape index (κ1) is 12.0. The number of hydrogen-bond acceptors (Lipinski definition) is 5. The Balaban J connectivity index is 2.50. The number of carbonyl (C=O) groups is 1. The fourth-order valence-corrected chi connectivity index (χ4v) is 1.55. The minimum absolute atomic E-state index is 0.00422. The summed E-state index contributed by atoms with van der Waals surface area (Å²) in [7, 11) is 0. The van der Waals surface area contributed by atoms with Gasteiger partial charge in [0.15, 0.2) is 11.5 Å². The number of primary amides is 1. The van der Waals surface area contributed by atoms with Gasteiger partial charge < -0.3 is 16.6 Å². The fourth-order valence-electron chi connectivity index (χ4n) is 1.55. The zero-order chi connectivity index (χ0) is 13.1. The number of aliphatic hydroxyl groups excluding tert-OH is 1. The van der Waals surface area contributed by atoms with Gasteiger partial charge in [-0.1, -0.05) is 18.2 Å². The Morgan fingerprint density at radius 1 is 1.39 bits per heavy atom. The second-order valence-electron chi connectivity index (χ2n) is 3.71. The molecule has 0 radical (unpaired) electrons. The van der Waals surface area contributed by atoms with Crippen molar-refractivity contribution in [2.45, 2.75) is 6.61 Å². The molecule has 1 aromatic heterocycles. The van der Waals surface area contributed by atoms with Crippen molar-refractivity contribution in [1.82, 2.24) is 9.97 Å². The number of anilines is 1. The van der Waals surface area contributed by atoms with E-state index in [-0.39, 0.29) is 18.1 Å². The van der Waals surface area contributed by atoms with Crippen LogP contribution in [0.15, 0.2) is 30.5 Å². The molecule has 6 nitrogen and oxygen atoms in total. The van der Waals surface area contributed by atoms with Crippen molar-refractivity contribution in [1.29, 1.82) is 0 Å². The van der Waals surface area contributed by atoms with E-state index in [2.05, 4.69) is 9.97 Å². The lowest BCUT2D eigenvalue weighted by Crippen LogP contribution is -2.17. The standard InChI is InChI=1S/C12H12N4O2/c13-11-10(12(14)18)16-9(5-15-11)8-3-1-2-7(4-8)6-17/h1-5,17H,6H2,(H2,13,15)(H2,14,18). The Bertz CT molecular complexity index is 598. The van der Waals surface area contributed by atoms with E-state index < -0.39 is 5.91 Å². The second-order valence-corrected chi connectivity index (χ2v) is 3.71. The molecule has 1 heterocycles. The van der Waals surface area contributed by atoms with Crippen LogP contribution < -0.4 is 11.5 Å². The molecule has 0 fully saturated rings. The fraction of sp³-hybridized carbons (Fsp3) is 0.0833. The molecule has 92 valence electrons.